The summed E-state index contributed by atoms with van der Waals surface area (Å²) in [5.41, 5.74) is 7.67. The zero-order valence-electron chi connectivity index (χ0n) is 15.7. The molecule has 7 nitrogen and oxygen atoms in total. The summed E-state index contributed by atoms with van der Waals surface area (Å²) in [6.07, 6.45) is -0.317. The number of hydrogen-bond donors (Lipinski definition) is 3. The van der Waals surface area contributed by atoms with E-state index in [1.807, 2.05) is 36.4 Å². The Hall–Kier alpha value is -3.37. The van der Waals surface area contributed by atoms with Crippen LogP contribution >= 0.6 is 11.3 Å². The Morgan fingerprint density at radius 1 is 1.13 bits per heavy atom. The molecule has 0 aliphatic heterocycles. The van der Waals surface area contributed by atoms with Crippen molar-refractivity contribution in [3.63, 3.8) is 0 Å². The highest BCUT2D eigenvalue weighted by atomic mass is 32.1. The van der Waals surface area contributed by atoms with Gasteiger partial charge in [0.25, 0.3) is 6.08 Å². The molecule has 10 heteroatoms. The van der Waals surface area contributed by atoms with Crippen LogP contribution in [0.4, 0.5) is 8.78 Å². The average molecular weight is 428 g/mol. The summed E-state index contributed by atoms with van der Waals surface area (Å²) in [6.45, 7) is -0.0550. The molecule has 0 saturated carbocycles. The van der Waals surface area contributed by atoms with Gasteiger partial charge in [0.05, 0.1) is 12.2 Å². The zero-order valence-corrected chi connectivity index (χ0v) is 16.5. The fourth-order valence-electron chi connectivity index (χ4n) is 3.09. The van der Waals surface area contributed by atoms with Gasteiger partial charge in [0, 0.05) is 40.1 Å². The molecule has 0 aliphatic carbocycles. The van der Waals surface area contributed by atoms with Crippen LogP contribution in [-0.2, 0) is 13.0 Å². The number of rotatable bonds is 7. The van der Waals surface area contributed by atoms with E-state index in [2.05, 4.69) is 26.5 Å². The fourth-order valence-corrected chi connectivity index (χ4v) is 4.08. The second-order valence-electron chi connectivity index (χ2n) is 6.59. The molecule has 4 aromatic rings. The SMILES string of the molecule is NCC(Cc1n[nH]c(=O)n1Cc1ccc(-c2cccc(-c3ccn[nH]3)c2)s1)=C(F)F. The molecule has 0 spiro atoms. The normalized spacial score (nSPS) is 11.0. The molecular formula is C20H18F2N6OS. The number of nitrogens with two attached hydrogens (primary N) is 1. The van der Waals surface area contributed by atoms with Crippen LogP contribution in [0, 0.1) is 0 Å². The summed E-state index contributed by atoms with van der Waals surface area (Å²) >= 11 is 1.53. The quantitative estimate of drug-likeness (QED) is 0.420. The maximum Gasteiger partial charge on any atom is 0.343 e. The fraction of sp³-hybridized carbons (Fsp3) is 0.150. The highest BCUT2D eigenvalue weighted by Gasteiger charge is 2.15. The van der Waals surface area contributed by atoms with E-state index in [9.17, 15) is 13.6 Å². The molecule has 154 valence electrons. The van der Waals surface area contributed by atoms with Gasteiger partial charge in [0.1, 0.15) is 5.82 Å². The van der Waals surface area contributed by atoms with E-state index in [0.717, 1.165) is 26.6 Å². The van der Waals surface area contributed by atoms with Crippen molar-refractivity contribution in [2.45, 2.75) is 13.0 Å². The van der Waals surface area contributed by atoms with Gasteiger partial charge in [-0.3, -0.25) is 9.67 Å². The lowest BCUT2D eigenvalue weighted by molar-refractivity contribution is 0.407. The summed E-state index contributed by atoms with van der Waals surface area (Å²) in [5.74, 6) is 0.226. The average Bonchev–Trinajstić information content (AvgIpc) is 3.50. The van der Waals surface area contributed by atoms with Gasteiger partial charge in [-0.2, -0.15) is 19.0 Å². The number of benzene rings is 1. The number of H-pyrrole nitrogens is 2. The number of thiophene rings is 1. The lowest BCUT2D eigenvalue weighted by Crippen LogP contribution is -2.20. The summed E-state index contributed by atoms with van der Waals surface area (Å²) in [5, 5.41) is 13.1. The largest absolute Gasteiger partial charge is 0.343 e. The van der Waals surface area contributed by atoms with Crippen LogP contribution < -0.4 is 11.4 Å². The van der Waals surface area contributed by atoms with Crippen LogP contribution in [-0.4, -0.2) is 31.5 Å². The molecule has 0 unspecified atom stereocenters. The molecule has 3 aromatic heterocycles. The molecule has 0 saturated heterocycles. The first-order valence-electron chi connectivity index (χ1n) is 9.11. The minimum Gasteiger partial charge on any atom is -0.327 e. The first-order chi connectivity index (χ1) is 14.5. The van der Waals surface area contributed by atoms with E-state index in [1.54, 1.807) is 6.20 Å². The number of nitrogens with one attached hydrogen (secondary N) is 2. The number of aromatic amines is 2. The van der Waals surface area contributed by atoms with Crippen molar-refractivity contribution in [2.75, 3.05) is 6.54 Å². The van der Waals surface area contributed by atoms with E-state index in [0.29, 0.717) is 0 Å². The highest BCUT2D eigenvalue weighted by molar-refractivity contribution is 7.15. The zero-order chi connectivity index (χ0) is 21.1. The van der Waals surface area contributed by atoms with Gasteiger partial charge in [0.15, 0.2) is 0 Å². The Kier molecular flexibility index (Phi) is 5.68. The molecule has 0 bridgehead atoms. The van der Waals surface area contributed by atoms with Crippen LogP contribution in [0.1, 0.15) is 10.7 Å². The van der Waals surface area contributed by atoms with E-state index in [4.69, 9.17) is 5.73 Å². The maximum atomic E-state index is 12.9. The third-order valence-electron chi connectivity index (χ3n) is 4.66. The minimum atomic E-state index is -1.84. The third kappa shape index (κ3) is 4.14. The van der Waals surface area contributed by atoms with Crippen LogP contribution in [0.25, 0.3) is 21.7 Å². The van der Waals surface area contributed by atoms with Crippen LogP contribution in [0.2, 0.25) is 0 Å². The molecule has 0 atom stereocenters. The number of aromatic nitrogens is 5. The first kappa shape index (κ1) is 19.9. The van der Waals surface area contributed by atoms with E-state index in [1.165, 1.54) is 15.9 Å². The molecule has 0 radical (unpaired) electrons. The van der Waals surface area contributed by atoms with Gasteiger partial charge in [0.2, 0.25) is 0 Å². The Morgan fingerprint density at radius 2 is 1.97 bits per heavy atom. The monoisotopic (exact) mass is 428 g/mol. The lowest BCUT2D eigenvalue weighted by atomic mass is 10.1. The molecule has 0 fully saturated rings. The van der Waals surface area contributed by atoms with E-state index >= 15 is 0 Å². The Bertz CT molecular complexity index is 1230. The van der Waals surface area contributed by atoms with Crippen molar-refractivity contribution >= 4 is 11.3 Å². The highest BCUT2D eigenvalue weighted by Crippen LogP contribution is 2.31. The van der Waals surface area contributed by atoms with Crippen molar-refractivity contribution in [1.82, 2.24) is 25.0 Å². The topological polar surface area (TPSA) is 105 Å². The second-order valence-corrected chi connectivity index (χ2v) is 7.76. The molecule has 4 rings (SSSR count). The number of hydrogen-bond acceptors (Lipinski definition) is 5. The molecular weight excluding hydrogens is 410 g/mol. The van der Waals surface area contributed by atoms with Gasteiger partial charge in [-0.15, -0.1) is 11.3 Å². The van der Waals surface area contributed by atoms with Gasteiger partial charge in [-0.25, -0.2) is 9.89 Å². The Morgan fingerprint density at radius 3 is 2.70 bits per heavy atom. The van der Waals surface area contributed by atoms with E-state index < -0.39 is 11.8 Å². The van der Waals surface area contributed by atoms with Crippen molar-refractivity contribution in [2.24, 2.45) is 5.73 Å². The molecule has 0 aliphatic rings. The summed E-state index contributed by atoms with van der Waals surface area (Å²) < 4.78 is 27.2. The second kappa shape index (κ2) is 8.56. The van der Waals surface area contributed by atoms with Crippen LogP contribution in [0.5, 0.6) is 0 Å². The lowest BCUT2D eigenvalue weighted by Gasteiger charge is -2.06. The number of nitrogens with zero attached hydrogens (tertiary/aromatic N) is 3. The summed E-state index contributed by atoms with van der Waals surface area (Å²) in [6, 6.07) is 13.8. The predicted molar refractivity (Wildman–Crippen MR) is 111 cm³/mol. The van der Waals surface area contributed by atoms with Crippen molar-refractivity contribution in [1.29, 1.82) is 0 Å². The predicted octanol–water partition coefficient (Wildman–Crippen LogP) is 3.39. The molecule has 4 N–H and O–H groups in total. The smallest absolute Gasteiger partial charge is 0.327 e. The molecule has 3 heterocycles. The summed E-state index contributed by atoms with van der Waals surface area (Å²) in [4.78, 5) is 14.1. The van der Waals surface area contributed by atoms with Crippen LogP contribution in [0.3, 0.4) is 0 Å². The maximum absolute atomic E-state index is 12.9. The van der Waals surface area contributed by atoms with Gasteiger partial charge >= 0.3 is 5.69 Å². The molecule has 1 aromatic carbocycles. The standard InChI is InChI=1S/C20H18F2N6OS/c21-19(22)14(10-23)9-18-26-27-20(29)28(18)11-15-4-5-17(30-15)13-3-1-2-12(8-13)16-6-7-24-25-16/h1-8H,9-11,23H2,(H,24,25)(H,27,29). The molecule has 0 amide bonds. The van der Waals surface area contributed by atoms with Crippen LogP contribution in [0.15, 0.2) is 65.1 Å². The Balaban J connectivity index is 1.58. The first-order valence-corrected chi connectivity index (χ1v) is 9.93. The molecule has 30 heavy (non-hydrogen) atoms. The number of halogens is 2. The van der Waals surface area contributed by atoms with E-state index in [-0.39, 0.29) is 30.9 Å². The Labute approximate surface area is 173 Å². The van der Waals surface area contributed by atoms with Gasteiger partial charge in [-0.1, -0.05) is 18.2 Å². The summed E-state index contributed by atoms with van der Waals surface area (Å²) in [7, 11) is 0. The van der Waals surface area contributed by atoms with Crippen molar-refractivity contribution in [3.8, 4) is 21.7 Å². The van der Waals surface area contributed by atoms with Crippen molar-refractivity contribution < 1.29 is 8.78 Å². The van der Waals surface area contributed by atoms with Gasteiger partial charge in [-0.05, 0) is 29.8 Å². The van der Waals surface area contributed by atoms with Crippen molar-refractivity contribution in [3.05, 3.63) is 81.5 Å². The minimum absolute atomic E-state index is 0.179. The third-order valence-corrected chi connectivity index (χ3v) is 5.78. The van der Waals surface area contributed by atoms with Gasteiger partial charge < -0.3 is 5.73 Å².